The zero-order valence-corrected chi connectivity index (χ0v) is 12.5. The van der Waals surface area contributed by atoms with Gasteiger partial charge in [-0.25, -0.2) is 0 Å². The second-order valence-corrected chi connectivity index (χ2v) is 5.50. The van der Waals surface area contributed by atoms with E-state index in [4.69, 9.17) is 14.7 Å². The molecule has 112 valence electrons. The first kappa shape index (κ1) is 14.4. The largest absolute Gasteiger partial charge is 0.486 e. The molecule has 1 aliphatic heterocycles. The number of benzene rings is 2. The number of likely N-dealkylation sites (N-methyl/N-ethyl adjacent to an activating group) is 1. The van der Waals surface area contributed by atoms with E-state index in [0.717, 1.165) is 24.6 Å². The third-order valence-corrected chi connectivity index (χ3v) is 3.62. The minimum atomic E-state index is 0.0262. The number of para-hydroxylation sites is 2. The molecule has 1 atom stereocenters. The highest BCUT2D eigenvalue weighted by molar-refractivity contribution is 5.40. The smallest absolute Gasteiger partial charge is 0.161 e. The fraction of sp³-hybridized carbons (Fsp3) is 0.278. The van der Waals surface area contributed by atoms with Gasteiger partial charge in [0.2, 0.25) is 0 Å². The maximum atomic E-state index is 8.82. The van der Waals surface area contributed by atoms with Crippen molar-refractivity contribution in [3.05, 3.63) is 59.7 Å². The van der Waals surface area contributed by atoms with Crippen LogP contribution < -0.4 is 9.47 Å². The van der Waals surface area contributed by atoms with E-state index in [1.807, 2.05) is 48.5 Å². The summed E-state index contributed by atoms with van der Waals surface area (Å²) in [5, 5.41) is 8.82. The Morgan fingerprint density at radius 1 is 1.14 bits per heavy atom. The average Bonchev–Trinajstić information content (AvgIpc) is 2.55. The van der Waals surface area contributed by atoms with Gasteiger partial charge in [-0.15, -0.1) is 0 Å². The van der Waals surface area contributed by atoms with Gasteiger partial charge in [0.25, 0.3) is 0 Å². The molecule has 22 heavy (non-hydrogen) atoms. The van der Waals surface area contributed by atoms with Crippen molar-refractivity contribution in [1.82, 2.24) is 4.90 Å². The summed E-state index contributed by atoms with van der Waals surface area (Å²) in [5.41, 5.74) is 1.87. The van der Waals surface area contributed by atoms with Crippen LogP contribution in [0.5, 0.6) is 11.5 Å². The van der Waals surface area contributed by atoms with Crippen LogP contribution in [0.4, 0.5) is 0 Å². The highest BCUT2D eigenvalue weighted by Gasteiger charge is 2.21. The molecule has 0 bridgehead atoms. The van der Waals surface area contributed by atoms with E-state index < -0.39 is 0 Å². The Hall–Kier alpha value is -2.51. The Morgan fingerprint density at radius 2 is 1.86 bits per heavy atom. The van der Waals surface area contributed by atoms with Crippen LogP contribution in [0.25, 0.3) is 0 Å². The van der Waals surface area contributed by atoms with E-state index in [1.165, 1.54) is 5.56 Å². The zero-order valence-electron chi connectivity index (χ0n) is 12.5. The van der Waals surface area contributed by atoms with Gasteiger partial charge in [0.15, 0.2) is 11.5 Å². The second-order valence-electron chi connectivity index (χ2n) is 5.50. The van der Waals surface area contributed by atoms with Gasteiger partial charge >= 0.3 is 0 Å². The molecule has 0 saturated carbocycles. The fourth-order valence-corrected chi connectivity index (χ4v) is 2.56. The SMILES string of the molecule is CN(Cc1ccc(C#N)cc1)C[C@H]1COc2ccccc2O1. The van der Waals surface area contributed by atoms with Gasteiger partial charge in [0.1, 0.15) is 12.7 Å². The van der Waals surface area contributed by atoms with Crippen molar-refractivity contribution in [2.75, 3.05) is 20.2 Å². The molecule has 0 amide bonds. The maximum absolute atomic E-state index is 8.82. The van der Waals surface area contributed by atoms with Crippen LogP contribution in [0.15, 0.2) is 48.5 Å². The number of ether oxygens (including phenoxy) is 2. The molecule has 1 heterocycles. The van der Waals surface area contributed by atoms with E-state index in [-0.39, 0.29) is 6.10 Å². The average molecular weight is 294 g/mol. The predicted molar refractivity (Wildman–Crippen MR) is 83.8 cm³/mol. The number of rotatable bonds is 4. The zero-order chi connectivity index (χ0) is 15.4. The summed E-state index contributed by atoms with van der Waals surface area (Å²) in [7, 11) is 2.06. The van der Waals surface area contributed by atoms with Crippen molar-refractivity contribution in [1.29, 1.82) is 5.26 Å². The first-order chi connectivity index (χ1) is 10.7. The highest BCUT2D eigenvalue weighted by Crippen LogP contribution is 2.30. The van der Waals surface area contributed by atoms with Crippen molar-refractivity contribution < 1.29 is 9.47 Å². The van der Waals surface area contributed by atoms with E-state index in [0.29, 0.717) is 12.2 Å². The van der Waals surface area contributed by atoms with Crippen LogP contribution in [0, 0.1) is 11.3 Å². The third kappa shape index (κ3) is 3.38. The Labute approximate surface area is 130 Å². The molecule has 0 aromatic heterocycles. The Bertz CT molecular complexity index is 676. The molecule has 0 radical (unpaired) electrons. The van der Waals surface area contributed by atoms with E-state index in [2.05, 4.69) is 18.0 Å². The molecular weight excluding hydrogens is 276 g/mol. The van der Waals surface area contributed by atoms with E-state index in [1.54, 1.807) is 0 Å². The second kappa shape index (κ2) is 6.50. The molecule has 2 aromatic carbocycles. The summed E-state index contributed by atoms with van der Waals surface area (Å²) in [5.74, 6) is 1.62. The molecule has 0 N–H and O–H groups in total. The van der Waals surface area contributed by atoms with Gasteiger partial charge in [-0.2, -0.15) is 5.26 Å². The van der Waals surface area contributed by atoms with Crippen LogP contribution in [-0.2, 0) is 6.54 Å². The molecule has 0 fully saturated rings. The molecule has 0 aliphatic carbocycles. The lowest BCUT2D eigenvalue weighted by Gasteiger charge is -2.29. The minimum absolute atomic E-state index is 0.0262. The predicted octanol–water partition coefficient (Wildman–Crippen LogP) is 2.83. The topological polar surface area (TPSA) is 45.5 Å². The molecule has 0 saturated heterocycles. The van der Waals surface area contributed by atoms with Gasteiger partial charge in [0, 0.05) is 13.1 Å². The third-order valence-electron chi connectivity index (χ3n) is 3.62. The van der Waals surface area contributed by atoms with Crippen LogP contribution in [0.1, 0.15) is 11.1 Å². The molecule has 0 unspecified atom stereocenters. The number of fused-ring (bicyclic) bond motifs is 1. The lowest BCUT2D eigenvalue weighted by atomic mass is 10.1. The number of hydrogen-bond donors (Lipinski definition) is 0. The maximum Gasteiger partial charge on any atom is 0.161 e. The number of nitriles is 1. The lowest BCUT2D eigenvalue weighted by Crippen LogP contribution is -2.39. The summed E-state index contributed by atoms with van der Waals surface area (Å²) in [6.07, 6.45) is 0.0262. The Morgan fingerprint density at radius 3 is 2.59 bits per heavy atom. The van der Waals surface area contributed by atoms with Crippen LogP contribution in [0.2, 0.25) is 0 Å². The lowest BCUT2D eigenvalue weighted by molar-refractivity contribution is 0.0638. The first-order valence-electron chi connectivity index (χ1n) is 7.30. The van der Waals surface area contributed by atoms with Crippen LogP contribution in [0.3, 0.4) is 0 Å². The molecule has 0 spiro atoms. The summed E-state index contributed by atoms with van der Waals surface area (Å²) < 4.78 is 11.7. The van der Waals surface area contributed by atoms with Crippen molar-refractivity contribution in [3.63, 3.8) is 0 Å². The van der Waals surface area contributed by atoms with Crippen molar-refractivity contribution >= 4 is 0 Å². The molecule has 1 aliphatic rings. The normalized spacial score (nSPS) is 16.3. The van der Waals surface area contributed by atoms with Gasteiger partial charge in [-0.3, -0.25) is 4.90 Å². The quantitative estimate of drug-likeness (QED) is 0.870. The van der Waals surface area contributed by atoms with E-state index >= 15 is 0 Å². The molecule has 4 nitrogen and oxygen atoms in total. The Balaban J connectivity index is 1.56. The van der Waals surface area contributed by atoms with Gasteiger partial charge in [-0.1, -0.05) is 24.3 Å². The Kier molecular flexibility index (Phi) is 4.27. The van der Waals surface area contributed by atoms with Gasteiger partial charge < -0.3 is 9.47 Å². The summed E-state index contributed by atoms with van der Waals surface area (Å²) in [4.78, 5) is 2.20. The van der Waals surface area contributed by atoms with Crippen LogP contribution in [-0.4, -0.2) is 31.2 Å². The molecule has 4 heteroatoms. The van der Waals surface area contributed by atoms with Crippen molar-refractivity contribution in [2.24, 2.45) is 0 Å². The van der Waals surface area contributed by atoms with Crippen molar-refractivity contribution in [2.45, 2.75) is 12.6 Å². The first-order valence-corrected chi connectivity index (χ1v) is 7.30. The number of hydrogen-bond acceptors (Lipinski definition) is 4. The molecule has 2 aromatic rings. The van der Waals surface area contributed by atoms with Crippen molar-refractivity contribution in [3.8, 4) is 17.6 Å². The summed E-state index contributed by atoms with van der Waals surface area (Å²) in [6, 6.07) is 17.6. The minimum Gasteiger partial charge on any atom is -0.486 e. The molecule has 3 rings (SSSR count). The molecular formula is C18H18N2O2. The summed E-state index contributed by atoms with van der Waals surface area (Å²) in [6.45, 7) is 2.16. The summed E-state index contributed by atoms with van der Waals surface area (Å²) >= 11 is 0. The number of nitrogens with zero attached hydrogens (tertiary/aromatic N) is 2. The highest BCUT2D eigenvalue weighted by atomic mass is 16.6. The van der Waals surface area contributed by atoms with Gasteiger partial charge in [0.05, 0.1) is 11.6 Å². The fourth-order valence-electron chi connectivity index (χ4n) is 2.56. The van der Waals surface area contributed by atoms with Crippen LogP contribution >= 0.6 is 0 Å². The van der Waals surface area contributed by atoms with Gasteiger partial charge in [-0.05, 0) is 36.9 Å². The van der Waals surface area contributed by atoms with E-state index in [9.17, 15) is 0 Å². The monoisotopic (exact) mass is 294 g/mol. The standard InChI is InChI=1S/C18H18N2O2/c1-20(11-15-8-6-14(10-19)7-9-15)12-16-13-21-17-4-2-3-5-18(17)22-16/h2-9,16H,11-13H2,1H3/t16-/m0/s1.